The molecule has 2 unspecified atom stereocenters. The second-order valence-electron chi connectivity index (χ2n) is 5.21. The van der Waals surface area contributed by atoms with Gasteiger partial charge in [-0.1, -0.05) is 6.92 Å². The number of aromatic nitrogens is 2. The van der Waals surface area contributed by atoms with Crippen LogP contribution in [0.5, 0.6) is 0 Å². The number of aliphatic hydroxyl groups excluding tert-OH is 1. The van der Waals surface area contributed by atoms with Gasteiger partial charge in [-0.2, -0.15) is 9.40 Å². The number of hydrogen-bond acceptors (Lipinski definition) is 6. The number of sulfonamides is 1. The van der Waals surface area contributed by atoms with Crippen molar-refractivity contribution in [3.63, 3.8) is 0 Å². The topological polar surface area (TPSA) is 111 Å². The lowest BCUT2D eigenvalue weighted by Gasteiger charge is -2.34. The van der Waals surface area contributed by atoms with E-state index in [1.54, 1.807) is 6.92 Å². The fourth-order valence-electron chi connectivity index (χ4n) is 2.40. The lowest BCUT2D eigenvalue weighted by atomic mass is 10.2. The van der Waals surface area contributed by atoms with Crippen LogP contribution in [0.25, 0.3) is 0 Å². The normalized spacial score (nSPS) is 24.3. The number of aryl methyl sites for hydroxylation is 1. The van der Waals surface area contributed by atoms with Crippen LogP contribution in [0.15, 0.2) is 11.1 Å². The third-order valence-corrected chi connectivity index (χ3v) is 5.17. The zero-order valence-corrected chi connectivity index (χ0v) is 13.1. The molecular weight excluding hydrogens is 296 g/mol. The lowest BCUT2D eigenvalue weighted by molar-refractivity contribution is -0.0750. The van der Waals surface area contributed by atoms with Crippen LogP contribution in [0.2, 0.25) is 0 Å². The van der Waals surface area contributed by atoms with Gasteiger partial charge in [0, 0.05) is 25.8 Å². The number of nitrogens with zero attached hydrogens (tertiary/aromatic N) is 3. The van der Waals surface area contributed by atoms with Crippen molar-refractivity contribution >= 4 is 15.8 Å². The molecule has 2 rings (SSSR count). The molecule has 1 fully saturated rings. The Morgan fingerprint density at radius 2 is 2.24 bits per heavy atom. The average molecular weight is 318 g/mol. The molecule has 120 valence electrons. The van der Waals surface area contributed by atoms with E-state index >= 15 is 0 Å². The molecule has 9 heteroatoms. The van der Waals surface area contributed by atoms with Crippen molar-refractivity contribution < 1.29 is 18.3 Å². The van der Waals surface area contributed by atoms with Crippen molar-refractivity contribution in [2.45, 2.75) is 43.9 Å². The smallest absolute Gasteiger partial charge is 0.248 e. The van der Waals surface area contributed by atoms with Gasteiger partial charge in [-0.05, 0) is 13.3 Å². The second kappa shape index (κ2) is 6.30. The number of ether oxygens (including phenoxy) is 1. The van der Waals surface area contributed by atoms with Crippen LogP contribution >= 0.6 is 0 Å². The third-order valence-electron chi connectivity index (χ3n) is 3.32. The van der Waals surface area contributed by atoms with Crippen molar-refractivity contribution in [3.05, 3.63) is 6.20 Å². The summed E-state index contributed by atoms with van der Waals surface area (Å²) in [7, 11) is -3.73. The first-order valence-electron chi connectivity index (χ1n) is 6.97. The minimum Gasteiger partial charge on any atom is -0.394 e. The van der Waals surface area contributed by atoms with Gasteiger partial charge >= 0.3 is 0 Å². The number of morpholine rings is 1. The fraction of sp³-hybridized carbons (Fsp3) is 0.750. The van der Waals surface area contributed by atoms with E-state index in [-0.39, 0.29) is 36.5 Å². The molecule has 0 amide bonds. The van der Waals surface area contributed by atoms with E-state index in [1.165, 1.54) is 15.2 Å². The SMILES string of the molecule is CCCn1cc(S(=O)(=O)N2CC(C)OC(CO)C2)c(N)n1. The molecule has 8 nitrogen and oxygen atoms in total. The summed E-state index contributed by atoms with van der Waals surface area (Å²) in [5.41, 5.74) is 5.75. The summed E-state index contributed by atoms with van der Waals surface area (Å²) in [5.74, 6) is 0.00291. The maximum Gasteiger partial charge on any atom is 0.248 e. The van der Waals surface area contributed by atoms with Gasteiger partial charge < -0.3 is 15.6 Å². The van der Waals surface area contributed by atoms with Gasteiger partial charge in [-0.3, -0.25) is 4.68 Å². The van der Waals surface area contributed by atoms with Gasteiger partial charge in [-0.15, -0.1) is 0 Å². The van der Waals surface area contributed by atoms with E-state index < -0.39 is 16.1 Å². The molecule has 1 aliphatic rings. The van der Waals surface area contributed by atoms with Crippen molar-refractivity contribution in [2.75, 3.05) is 25.4 Å². The summed E-state index contributed by atoms with van der Waals surface area (Å²) >= 11 is 0. The minimum absolute atomic E-state index is 0.00291. The second-order valence-corrected chi connectivity index (χ2v) is 7.12. The molecule has 1 aromatic heterocycles. The van der Waals surface area contributed by atoms with Crippen LogP contribution in [-0.2, 0) is 21.3 Å². The van der Waals surface area contributed by atoms with Gasteiger partial charge in [0.15, 0.2) is 5.82 Å². The van der Waals surface area contributed by atoms with Crippen LogP contribution < -0.4 is 5.73 Å². The molecule has 3 N–H and O–H groups in total. The first kappa shape index (κ1) is 16.2. The minimum atomic E-state index is -3.73. The molecule has 0 aliphatic carbocycles. The van der Waals surface area contributed by atoms with Crippen molar-refractivity contribution in [2.24, 2.45) is 0 Å². The summed E-state index contributed by atoms with van der Waals surface area (Å²) in [6.45, 7) is 4.48. The Bertz CT molecular complexity index is 586. The zero-order valence-electron chi connectivity index (χ0n) is 12.3. The summed E-state index contributed by atoms with van der Waals surface area (Å²) < 4.78 is 33.7. The van der Waals surface area contributed by atoms with Gasteiger partial charge in [0.1, 0.15) is 4.90 Å². The van der Waals surface area contributed by atoms with Gasteiger partial charge in [-0.25, -0.2) is 8.42 Å². The first-order chi connectivity index (χ1) is 9.88. The number of aliphatic hydroxyl groups is 1. The van der Waals surface area contributed by atoms with E-state index in [1.807, 2.05) is 6.92 Å². The van der Waals surface area contributed by atoms with Crippen LogP contribution in [0.4, 0.5) is 5.82 Å². The third kappa shape index (κ3) is 3.37. The molecule has 0 saturated carbocycles. The van der Waals surface area contributed by atoms with E-state index in [0.717, 1.165) is 6.42 Å². The molecule has 1 aliphatic heterocycles. The molecule has 1 aromatic rings. The maximum absolute atomic E-state index is 12.7. The van der Waals surface area contributed by atoms with Crippen LogP contribution in [0, 0.1) is 0 Å². The predicted octanol–water partition coefficient (Wildman–Crippen LogP) is -0.354. The Labute approximate surface area is 124 Å². The Morgan fingerprint density at radius 3 is 2.86 bits per heavy atom. The molecule has 1 saturated heterocycles. The van der Waals surface area contributed by atoms with Crippen LogP contribution in [-0.4, -0.2) is 59.5 Å². The van der Waals surface area contributed by atoms with E-state index in [9.17, 15) is 13.5 Å². The van der Waals surface area contributed by atoms with E-state index in [0.29, 0.717) is 6.54 Å². The van der Waals surface area contributed by atoms with Crippen molar-refractivity contribution in [1.29, 1.82) is 0 Å². The maximum atomic E-state index is 12.7. The largest absolute Gasteiger partial charge is 0.394 e. The van der Waals surface area contributed by atoms with Crippen molar-refractivity contribution in [3.8, 4) is 0 Å². The standard InChI is InChI=1S/C12H22N4O4S/c1-3-4-15-7-11(12(13)14-15)21(18,19)16-5-9(2)20-10(6-16)8-17/h7,9-10,17H,3-6,8H2,1-2H3,(H2,13,14). The number of anilines is 1. The highest BCUT2D eigenvalue weighted by molar-refractivity contribution is 7.89. The molecule has 0 spiro atoms. The number of hydrogen-bond donors (Lipinski definition) is 2. The molecule has 21 heavy (non-hydrogen) atoms. The molecule has 2 atom stereocenters. The predicted molar refractivity (Wildman–Crippen MR) is 77.1 cm³/mol. The quantitative estimate of drug-likeness (QED) is 0.767. The summed E-state index contributed by atoms with van der Waals surface area (Å²) in [6.07, 6.45) is 1.50. The number of nitrogen functional groups attached to an aromatic ring is 1. The summed E-state index contributed by atoms with van der Waals surface area (Å²) in [5, 5.41) is 13.2. The first-order valence-corrected chi connectivity index (χ1v) is 8.41. The van der Waals surface area contributed by atoms with Crippen molar-refractivity contribution in [1.82, 2.24) is 14.1 Å². The molecule has 0 aromatic carbocycles. The molecule has 2 heterocycles. The highest BCUT2D eigenvalue weighted by atomic mass is 32.2. The Balaban J connectivity index is 2.28. The summed E-state index contributed by atoms with van der Waals surface area (Å²) in [6, 6.07) is 0. The number of nitrogens with two attached hydrogens (primary N) is 1. The van der Waals surface area contributed by atoms with E-state index in [4.69, 9.17) is 10.5 Å². The lowest BCUT2D eigenvalue weighted by Crippen LogP contribution is -2.50. The van der Waals surface area contributed by atoms with E-state index in [2.05, 4.69) is 5.10 Å². The fourth-order valence-corrected chi connectivity index (χ4v) is 4.01. The van der Waals surface area contributed by atoms with Gasteiger partial charge in [0.05, 0.1) is 18.8 Å². The Hall–Kier alpha value is -1.16. The molecular formula is C12H22N4O4S. The highest BCUT2D eigenvalue weighted by Crippen LogP contribution is 2.24. The number of rotatable bonds is 5. The zero-order chi connectivity index (χ0) is 15.6. The molecule has 0 radical (unpaired) electrons. The monoisotopic (exact) mass is 318 g/mol. The Morgan fingerprint density at radius 1 is 1.52 bits per heavy atom. The highest BCUT2D eigenvalue weighted by Gasteiger charge is 2.35. The van der Waals surface area contributed by atoms with Crippen LogP contribution in [0.1, 0.15) is 20.3 Å². The summed E-state index contributed by atoms with van der Waals surface area (Å²) in [4.78, 5) is 0.0155. The molecule has 0 bridgehead atoms. The van der Waals surface area contributed by atoms with Gasteiger partial charge in [0.2, 0.25) is 10.0 Å². The van der Waals surface area contributed by atoms with Crippen LogP contribution in [0.3, 0.4) is 0 Å². The van der Waals surface area contributed by atoms with Gasteiger partial charge in [0.25, 0.3) is 0 Å². The Kier molecular flexibility index (Phi) is 4.87. The average Bonchev–Trinajstić information content (AvgIpc) is 2.80.